The Bertz CT molecular complexity index is 1650. The van der Waals surface area contributed by atoms with E-state index in [0.717, 1.165) is 6.07 Å². The lowest BCUT2D eigenvalue weighted by atomic mass is 9.93. The molecule has 2 atom stereocenters. The summed E-state index contributed by atoms with van der Waals surface area (Å²) < 4.78 is 88.1. The van der Waals surface area contributed by atoms with Crippen molar-refractivity contribution in [2.75, 3.05) is 106 Å². The molecule has 2 aromatic carbocycles. The minimum absolute atomic E-state index is 0.0299. The fourth-order valence-electron chi connectivity index (χ4n) is 5.49. The zero-order chi connectivity index (χ0) is 38.6. The highest BCUT2D eigenvalue weighted by molar-refractivity contribution is 5.90. The van der Waals surface area contributed by atoms with Gasteiger partial charge in [-0.25, -0.2) is 4.79 Å². The highest BCUT2D eigenvalue weighted by Gasteiger charge is 2.35. The molecule has 1 aliphatic rings. The molecule has 2 N–H and O–H groups in total. The summed E-state index contributed by atoms with van der Waals surface area (Å²) in [6.45, 7) is 5.36. The van der Waals surface area contributed by atoms with Crippen molar-refractivity contribution in [3.63, 3.8) is 0 Å². The van der Waals surface area contributed by atoms with Crippen molar-refractivity contribution < 1.29 is 65.4 Å². The number of nitrogens with one attached hydrogen (secondary N) is 2. The molecule has 1 aliphatic heterocycles. The fourth-order valence-corrected chi connectivity index (χ4v) is 5.49. The van der Waals surface area contributed by atoms with E-state index >= 15 is 0 Å². The number of rotatable bonds is 25. The summed E-state index contributed by atoms with van der Waals surface area (Å²) in [5, 5.41) is 3.42. The second kappa shape index (κ2) is 23.0. The Morgan fingerprint density at radius 2 is 1.28 bits per heavy atom. The van der Waals surface area contributed by atoms with Gasteiger partial charge >= 0.3 is 12.3 Å². The van der Waals surface area contributed by atoms with Gasteiger partial charge in [0, 0.05) is 23.8 Å². The number of aromatic amines is 1. The van der Waals surface area contributed by atoms with Crippen LogP contribution in [0.2, 0.25) is 0 Å². The molecule has 298 valence electrons. The van der Waals surface area contributed by atoms with Gasteiger partial charge < -0.3 is 52.9 Å². The quantitative estimate of drug-likeness (QED) is 0.0940. The third-order valence-corrected chi connectivity index (χ3v) is 8.12. The maximum absolute atomic E-state index is 13.6. The first-order chi connectivity index (χ1) is 26.2. The molecule has 4 rings (SSSR count). The van der Waals surface area contributed by atoms with Gasteiger partial charge in [0.25, 0.3) is 5.56 Å². The van der Waals surface area contributed by atoms with Crippen molar-refractivity contribution in [2.45, 2.75) is 24.6 Å². The average molecular weight is 769 g/mol. The smallest absolute Gasteiger partial charge is 0.432 e. The molecule has 1 fully saturated rings. The Kier molecular flexibility index (Phi) is 18.1. The van der Waals surface area contributed by atoms with Crippen LogP contribution >= 0.6 is 0 Å². The van der Waals surface area contributed by atoms with Crippen LogP contribution < -0.4 is 10.9 Å². The third kappa shape index (κ3) is 14.3. The van der Waals surface area contributed by atoms with Gasteiger partial charge in [0.15, 0.2) is 0 Å². The monoisotopic (exact) mass is 768 g/mol. The molecule has 14 nitrogen and oxygen atoms in total. The van der Waals surface area contributed by atoms with E-state index in [2.05, 4.69) is 10.3 Å². The topological polar surface area (TPSA) is 162 Å². The molecule has 17 heteroatoms. The first-order valence-electron chi connectivity index (χ1n) is 17.6. The molecule has 0 saturated carbocycles. The van der Waals surface area contributed by atoms with Crippen LogP contribution in [0.3, 0.4) is 0 Å². The van der Waals surface area contributed by atoms with Gasteiger partial charge in [-0.1, -0.05) is 30.3 Å². The van der Waals surface area contributed by atoms with Crippen molar-refractivity contribution in [3.05, 3.63) is 70.0 Å². The van der Waals surface area contributed by atoms with Crippen LogP contribution in [0.15, 0.2) is 53.3 Å². The van der Waals surface area contributed by atoms with Crippen LogP contribution in [-0.4, -0.2) is 129 Å². The second-order valence-electron chi connectivity index (χ2n) is 12.0. The van der Waals surface area contributed by atoms with Crippen LogP contribution in [0.1, 0.15) is 23.5 Å². The number of methoxy groups -OCH3 is 1. The third-order valence-electron chi connectivity index (χ3n) is 8.12. The van der Waals surface area contributed by atoms with E-state index in [-0.39, 0.29) is 48.8 Å². The lowest BCUT2D eigenvalue weighted by molar-refractivity contribution is -0.137. The Labute approximate surface area is 310 Å². The first-order valence-corrected chi connectivity index (χ1v) is 17.6. The number of ether oxygens (including phenoxy) is 9. The van der Waals surface area contributed by atoms with Crippen LogP contribution in [-0.2, 0) is 53.6 Å². The summed E-state index contributed by atoms with van der Waals surface area (Å²) in [5.74, 6) is -0.938. The lowest BCUT2D eigenvalue weighted by Crippen LogP contribution is -2.31. The number of carbonyl (C=O) groups excluding carboxylic acids is 2. The Balaban J connectivity index is 1.03. The molecule has 2 heterocycles. The summed E-state index contributed by atoms with van der Waals surface area (Å²) in [6.07, 6.45) is -5.22. The van der Waals surface area contributed by atoms with Crippen molar-refractivity contribution in [2.24, 2.45) is 0 Å². The number of aromatic nitrogens is 1. The number of halogens is 3. The first kappa shape index (κ1) is 42.6. The molecular formula is C37H47F3N2O12. The van der Waals surface area contributed by atoms with Crippen molar-refractivity contribution >= 4 is 22.8 Å². The number of benzene rings is 2. The van der Waals surface area contributed by atoms with Crippen molar-refractivity contribution in [3.8, 4) is 11.3 Å². The molecule has 1 unspecified atom stereocenters. The molecule has 0 spiro atoms. The molecule has 3 aromatic rings. The predicted octanol–water partition coefficient (Wildman–Crippen LogP) is 4.09. The molecular weight excluding hydrogens is 721 g/mol. The standard InChI is InChI=1S/C37H47F3N2O12/c1-46-8-9-47-10-11-48-12-13-49-14-15-50-16-17-51-18-19-52-20-21-53-36(45)54-25-28-24-31(34(43)41-28)26-6-7-27-23-33(42-35(44)30(27)22-26)29-4-2-3-5-32(29)37(38,39)40/h2-7,22-23,28,31H,8-21,24-25H2,1H3,(H,41,43)(H,42,44)/t28?,31-/m0/s1. The Morgan fingerprint density at radius 3 is 1.85 bits per heavy atom. The molecule has 1 aromatic heterocycles. The van der Waals surface area contributed by atoms with E-state index in [4.69, 9.17) is 42.6 Å². The summed E-state index contributed by atoms with van der Waals surface area (Å²) in [7, 11) is 1.62. The van der Waals surface area contributed by atoms with Gasteiger partial charge in [0.05, 0.1) is 103 Å². The Morgan fingerprint density at radius 1 is 0.722 bits per heavy atom. The summed E-state index contributed by atoms with van der Waals surface area (Å²) >= 11 is 0. The largest absolute Gasteiger partial charge is 0.508 e. The van der Waals surface area contributed by atoms with Crippen LogP contribution in [0.25, 0.3) is 22.0 Å². The van der Waals surface area contributed by atoms with Gasteiger partial charge in [-0.2, -0.15) is 13.2 Å². The van der Waals surface area contributed by atoms with E-state index in [1.165, 1.54) is 24.3 Å². The molecule has 1 saturated heterocycles. The lowest BCUT2D eigenvalue weighted by Gasteiger charge is -2.14. The summed E-state index contributed by atoms with van der Waals surface area (Å²) in [6, 6.07) is 10.8. The molecule has 0 aliphatic carbocycles. The highest BCUT2D eigenvalue weighted by Crippen LogP contribution is 2.37. The summed E-state index contributed by atoms with van der Waals surface area (Å²) in [4.78, 5) is 40.3. The van der Waals surface area contributed by atoms with Crippen molar-refractivity contribution in [1.29, 1.82) is 0 Å². The molecule has 54 heavy (non-hydrogen) atoms. The van der Waals surface area contributed by atoms with Crippen LogP contribution in [0.4, 0.5) is 18.0 Å². The van der Waals surface area contributed by atoms with Gasteiger partial charge in [0.2, 0.25) is 5.91 Å². The number of carbonyl (C=O) groups is 2. The number of fused-ring (bicyclic) bond motifs is 1. The van der Waals surface area contributed by atoms with E-state index in [1.54, 1.807) is 25.3 Å². The van der Waals surface area contributed by atoms with E-state index in [1.807, 2.05) is 0 Å². The minimum atomic E-state index is -4.60. The molecule has 1 amide bonds. The molecule has 0 radical (unpaired) electrons. The highest BCUT2D eigenvalue weighted by atomic mass is 19.4. The van der Waals surface area contributed by atoms with Crippen molar-refractivity contribution in [1.82, 2.24) is 10.3 Å². The van der Waals surface area contributed by atoms with Gasteiger partial charge in [-0.3, -0.25) is 9.59 Å². The number of hydrogen-bond acceptors (Lipinski definition) is 12. The van der Waals surface area contributed by atoms with E-state index in [0.29, 0.717) is 90.2 Å². The van der Waals surface area contributed by atoms with Gasteiger partial charge in [0.1, 0.15) is 13.2 Å². The minimum Gasteiger partial charge on any atom is -0.432 e. The second-order valence-corrected chi connectivity index (χ2v) is 12.0. The zero-order valence-corrected chi connectivity index (χ0v) is 30.1. The number of hydrogen-bond donors (Lipinski definition) is 2. The Hall–Kier alpha value is -4.10. The predicted molar refractivity (Wildman–Crippen MR) is 188 cm³/mol. The fraction of sp³-hybridized carbons (Fsp3) is 0.541. The zero-order valence-electron chi connectivity index (χ0n) is 30.1. The SMILES string of the molecule is COCCOCCOCCOCCOCCOCCOCCOC(=O)OCC1C[C@@H](c2ccc3cc(-c4ccccc4C(F)(F)F)[nH]c(=O)c3c2)C(=O)N1. The molecule has 0 bridgehead atoms. The summed E-state index contributed by atoms with van der Waals surface area (Å²) in [5.41, 5.74) is -1.02. The van der Waals surface area contributed by atoms with E-state index in [9.17, 15) is 27.6 Å². The number of H-pyrrole nitrogens is 1. The number of pyridine rings is 1. The maximum Gasteiger partial charge on any atom is 0.508 e. The average Bonchev–Trinajstić information content (AvgIpc) is 3.54. The maximum atomic E-state index is 13.6. The van der Waals surface area contributed by atoms with Crippen LogP contribution in [0, 0.1) is 0 Å². The van der Waals surface area contributed by atoms with E-state index < -0.39 is 35.4 Å². The number of amides is 1. The normalized spacial score (nSPS) is 15.8. The van der Waals surface area contributed by atoms with Crippen LogP contribution in [0.5, 0.6) is 0 Å². The van der Waals surface area contributed by atoms with Gasteiger partial charge in [-0.15, -0.1) is 0 Å². The number of alkyl halides is 3. The van der Waals surface area contributed by atoms with Gasteiger partial charge in [-0.05, 0) is 35.6 Å².